The molecular weight excluding hydrogens is 200 g/mol. The van der Waals surface area contributed by atoms with E-state index in [1.165, 1.54) is 11.1 Å². The molecule has 0 unspecified atom stereocenters. The summed E-state index contributed by atoms with van der Waals surface area (Å²) >= 11 is 0. The highest BCUT2D eigenvalue weighted by molar-refractivity contribution is 5.75. The molecule has 0 aliphatic carbocycles. The number of hydrogen-bond donors (Lipinski definition) is 0. The van der Waals surface area contributed by atoms with Gasteiger partial charge in [-0.1, -0.05) is 29.8 Å². The summed E-state index contributed by atoms with van der Waals surface area (Å²) in [6.07, 6.45) is 0. The second kappa shape index (κ2) is 4.16. The first-order valence-corrected chi connectivity index (χ1v) is 5.60. The van der Waals surface area contributed by atoms with E-state index >= 15 is 0 Å². The van der Waals surface area contributed by atoms with Crippen LogP contribution in [0.4, 0.5) is 4.79 Å². The van der Waals surface area contributed by atoms with E-state index in [4.69, 9.17) is 0 Å². The summed E-state index contributed by atoms with van der Waals surface area (Å²) in [5.74, 6) is 0.518. The van der Waals surface area contributed by atoms with E-state index in [1.54, 1.807) is 19.0 Å². The summed E-state index contributed by atoms with van der Waals surface area (Å²) in [4.78, 5) is 15.1. The summed E-state index contributed by atoms with van der Waals surface area (Å²) in [5, 5.41) is 0. The minimum Gasteiger partial charge on any atom is -0.331 e. The molecule has 1 aliphatic rings. The van der Waals surface area contributed by atoms with Crippen LogP contribution in [0.15, 0.2) is 24.3 Å². The third-order valence-electron chi connectivity index (χ3n) is 3.08. The highest BCUT2D eigenvalue weighted by atomic mass is 16.2. The Morgan fingerprint density at radius 1 is 1.25 bits per heavy atom. The SMILES string of the molecule is Cc1ccc(C2CN(C(=O)N(C)C)C2)cc1. The van der Waals surface area contributed by atoms with Crippen molar-refractivity contribution in [3.8, 4) is 0 Å². The number of urea groups is 1. The van der Waals surface area contributed by atoms with Gasteiger partial charge >= 0.3 is 6.03 Å². The summed E-state index contributed by atoms with van der Waals surface area (Å²) in [5.41, 5.74) is 2.62. The van der Waals surface area contributed by atoms with Gasteiger partial charge in [0, 0.05) is 33.1 Å². The van der Waals surface area contributed by atoms with E-state index in [-0.39, 0.29) is 6.03 Å². The van der Waals surface area contributed by atoms with E-state index in [0.717, 1.165) is 13.1 Å². The van der Waals surface area contributed by atoms with Gasteiger partial charge < -0.3 is 9.80 Å². The van der Waals surface area contributed by atoms with Gasteiger partial charge in [0.15, 0.2) is 0 Å². The number of hydrogen-bond acceptors (Lipinski definition) is 1. The molecule has 1 aliphatic heterocycles. The molecule has 1 saturated heterocycles. The summed E-state index contributed by atoms with van der Waals surface area (Å²) in [6.45, 7) is 3.78. The molecule has 1 fully saturated rings. The van der Waals surface area contributed by atoms with Crippen LogP contribution in [0, 0.1) is 6.92 Å². The van der Waals surface area contributed by atoms with Crippen molar-refractivity contribution in [3.05, 3.63) is 35.4 Å². The highest BCUT2D eigenvalue weighted by Gasteiger charge is 2.32. The van der Waals surface area contributed by atoms with Crippen molar-refractivity contribution in [2.45, 2.75) is 12.8 Å². The van der Waals surface area contributed by atoms with Crippen LogP contribution in [-0.2, 0) is 0 Å². The summed E-state index contributed by atoms with van der Waals surface area (Å²) < 4.78 is 0. The number of rotatable bonds is 1. The Kier molecular flexibility index (Phi) is 2.86. The minimum atomic E-state index is 0.114. The minimum absolute atomic E-state index is 0.114. The normalized spacial score (nSPS) is 15.8. The molecule has 0 aromatic heterocycles. The molecule has 0 spiro atoms. The highest BCUT2D eigenvalue weighted by Crippen LogP contribution is 2.27. The average molecular weight is 218 g/mol. The van der Waals surface area contributed by atoms with Crippen molar-refractivity contribution >= 4 is 6.03 Å². The van der Waals surface area contributed by atoms with Crippen LogP contribution >= 0.6 is 0 Å². The zero-order valence-electron chi connectivity index (χ0n) is 10.1. The number of benzene rings is 1. The van der Waals surface area contributed by atoms with E-state index < -0.39 is 0 Å². The lowest BCUT2D eigenvalue weighted by molar-refractivity contribution is 0.128. The molecule has 16 heavy (non-hydrogen) atoms. The maximum Gasteiger partial charge on any atom is 0.319 e. The van der Waals surface area contributed by atoms with Gasteiger partial charge in [-0.05, 0) is 12.5 Å². The predicted octanol–water partition coefficient (Wildman–Crippen LogP) is 2.08. The Morgan fingerprint density at radius 2 is 1.81 bits per heavy atom. The van der Waals surface area contributed by atoms with E-state index in [9.17, 15) is 4.79 Å². The number of carbonyl (C=O) groups excluding carboxylic acids is 1. The van der Waals surface area contributed by atoms with Gasteiger partial charge in [0.25, 0.3) is 0 Å². The molecule has 3 nitrogen and oxygen atoms in total. The largest absolute Gasteiger partial charge is 0.331 e. The van der Waals surface area contributed by atoms with Gasteiger partial charge in [0.05, 0.1) is 0 Å². The molecule has 86 valence electrons. The molecule has 0 radical (unpaired) electrons. The maximum atomic E-state index is 11.6. The molecular formula is C13H18N2O. The smallest absolute Gasteiger partial charge is 0.319 e. The molecule has 0 bridgehead atoms. The zero-order valence-corrected chi connectivity index (χ0v) is 10.1. The molecule has 0 atom stereocenters. The fraction of sp³-hybridized carbons (Fsp3) is 0.462. The van der Waals surface area contributed by atoms with Crippen LogP contribution in [0.1, 0.15) is 17.0 Å². The monoisotopic (exact) mass is 218 g/mol. The second-order valence-electron chi connectivity index (χ2n) is 4.69. The van der Waals surface area contributed by atoms with Gasteiger partial charge in [-0.15, -0.1) is 0 Å². The Balaban J connectivity index is 1.93. The van der Waals surface area contributed by atoms with Crippen molar-refractivity contribution in [1.82, 2.24) is 9.80 Å². The van der Waals surface area contributed by atoms with E-state index in [1.807, 2.05) is 4.90 Å². The van der Waals surface area contributed by atoms with Gasteiger partial charge in [-0.2, -0.15) is 0 Å². The third kappa shape index (κ3) is 2.03. The van der Waals surface area contributed by atoms with Crippen molar-refractivity contribution in [2.24, 2.45) is 0 Å². The van der Waals surface area contributed by atoms with Gasteiger partial charge in [0.2, 0.25) is 0 Å². The number of carbonyl (C=O) groups is 1. The lowest BCUT2D eigenvalue weighted by Crippen LogP contribution is -2.52. The predicted molar refractivity (Wildman–Crippen MR) is 64.6 cm³/mol. The van der Waals surface area contributed by atoms with Crippen LogP contribution in [0.2, 0.25) is 0 Å². The third-order valence-corrected chi connectivity index (χ3v) is 3.08. The van der Waals surface area contributed by atoms with Crippen molar-refractivity contribution in [3.63, 3.8) is 0 Å². The fourth-order valence-electron chi connectivity index (χ4n) is 1.97. The fourth-order valence-corrected chi connectivity index (χ4v) is 1.97. The Hall–Kier alpha value is -1.51. The lowest BCUT2D eigenvalue weighted by Gasteiger charge is -2.40. The Bertz CT molecular complexity index is 377. The van der Waals surface area contributed by atoms with Crippen molar-refractivity contribution in [1.29, 1.82) is 0 Å². The molecule has 1 aromatic carbocycles. The molecule has 1 heterocycles. The molecule has 2 rings (SSSR count). The maximum absolute atomic E-state index is 11.6. The standard InChI is InChI=1S/C13H18N2O/c1-10-4-6-11(7-5-10)12-8-15(9-12)13(16)14(2)3/h4-7,12H,8-9H2,1-3H3. The first-order chi connectivity index (χ1) is 7.58. The number of nitrogens with zero attached hydrogens (tertiary/aromatic N) is 2. The van der Waals surface area contributed by atoms with Gasteiger partial charge in [-0.3, -0.25) is 0 Å². The zero-order chi connectivity index (χ0) is 11.7. The van der Waals surface area contributed by atoms with Gasteiger partial charge in [-0.25, -0.2) is 4.79 Å². The number of amides is 2. The van der Waals surface area contributed by atoms with Gasteiger partial charge in [0.1, 0.15) is 0 Å². The average Bonchev–Trinajstić information content (AvgIpc) is 2.18. The first kappa shape index (κ1) is 11.0. The van der Waals surface area contributed by atoms with Crippen molar-refractivity contribution < 1.29 is 4.79 Å². The summed E-state index contributed by atoms with van der Waals surface area (Å²) in [7, 11) is 3.59. The molecule has 2 amide bonds. The molecule has 0 saturated carbocycles. The van der Waals surface area contributed by atoms with Crippen LogP contribution in [0.25, 0.3) is 0 Å². The topological polar surface area (TPSA) is 23.6 Å². The lowest BCUT2D eigenvalue weighted by atomic mass is 9.91. The second-order valence-corrected chi connectivity index (χ2v) is 4.69. The summed E-state index contributed by atoms with van der Waals surface area (Å²) in [6, 6.07) is 8.70. The number of likely N-dealkylation sites (tertiary alicyclic amines) is 1. The van der Waals surface area contributed by atoms with Crippen LogP contribution in [-0.4, -0.2) is 43.0 Å². The van der Waals surface area contributed by atoms with Crippen LogP contribution < -0.4 is 0 Å². The van der Waals surface area contributed by atoms with E-state index in [2.05, 4.69) is 31.2 Å². The van der Waals surface area contributed by atoms with E-state index in [0.29, 0.717) is 5.92 Å². The van der Waals surface area contributed by atoms with Crippen LogP contribution in [0.3, 0.4) is 0 Å². The van der Waals surface area contributed by atoms with Crippen LogP contribution in [0.5, 0.6) is 0 Å². The first-order valence-electron chi connectivity index (χ1n) is 5.60. The molecule has 0 N–H and O–H groups in total. The quantitative estimate of drug-likeness (QED) is 0.708. The van der Waals surface area contributed by atoms with Crippen molar-refractivity contribution in [2.75, 3.05) is 27.2 Å². The number of aryl methyl sites for hydroxylation is 1. The Morgan fingerprint density at radius 3 is 2.31 bits per heavy atom. The molecule has 3 heteroatoms. The molecule has 1 aromatic rings. The Labute approximate surface area is 96.7 Å².